The summed E-state index contributed by atoms with van der Waals surface area (Å²) in [6.45, 7) is 9.15. The van der Waals surface area contributed by atoms with Gasteiger partial charge >= 0.3 is 0 Å². The lowest BCUT2D eigenvalue weighted by molar-refractivity contribution is 0.843. The van der Waals surface area contributed by atoms with Crippen LogP contribution in [0.2, 0.25) is 0 Å². The minimum atomic E-state index is 0.0276. The zero-order valence-electron chi connectivity index (χ0n) is 31.6. The number of hydrogen-bond acceptors (Lipinski definition) is 6. The highest BCUT2D eigenvalue weighted by atomic mass is 32.2. The van der Waals surface area contributed by atoms with Gasteiger partial charge in [0.1, 0.15) is 0 Å². The standard InChI is InChI=1S/C50H38N4S2/c1-31(2)45-47(35-17-13-15-33(27-35)29-51)49(53-37-19-5-9-23-41(37)55-42-24-10-6-20-38(42)53)46(32(3)4)50(48(45)36-18-14-16-34(28-36)30-52)54-39-21-7-11-25-43(39)56-44-26-12-8-22-40(44)54/h5-28,31-32H,1-4H3. The number of nitrogens with zero attached hydrogens (tertiary/aromatic N) is 4. The normalized spacial score (nSPS) is 12.7. The van der Waals surface area contributed by atoms with Crippen LogP contribution in [-0.4, -0.2) is 0 Å². The number of benzene rings is 7. The van der Waals surface area contributed by atoms with Crippen molar-refractivity contribution in [1.82, 2.24) is 0 Å². The lowest BCUT2D eigenvalue weighted by Gasteiger charge is -2.42. The van der Waals surface area contributed by atoms with E-state index >= 15 is 0 Å². The van der Waals surface area contributed by atoms with Crippen LogP contribution < -0.4 is 9.80 Å². The Morgan fingerprint density at radius 2 is 0.768 bits per heavy atom. The third-order valence-electron chi connectivity index (χ3n) is 10.5. The van der Waals surface area contributed by atoms with Gasteiger partial charge in [-0.05, 0) is 101 Å². The minimum absolute atomic E-state index is 0.0276. The third kappa shape index (κ3) is 5.85. The first-order valence-corrected chi connectivity index (χ1v) is 20.6. The molecule has 0 saturated carbocycles. The maximum atomic E-state index is 10.3. The van der Waals surface area contributed by atoms with Gasteiger partial charge in [0.15, 0.2) is 0 Å². The van der Waals surface area contributed by atoms with Crippen LogP contribution in [0.25, 0.3) is 22.3 Å². The van der Waals surface area contributed by atoms with Gasteiger partial charge in [-0.15, -0.1) is 0 Å². The molecule has 0 N–H and O–H groups in total. The Kier molecular flexibility index (Phi) is 9.18. The van der Waals surface area contributed by atoms with Crippen molar-refractivity contribution in [2.45, 2.75) is 59.1 Å². The van der Waals surface area contributed by atoms with Crippen LogP contribution >= 0.6 is 23.5 Å². The Bertz CT molecular complexity index is 2500. The summed E-state index contributed by atoms with van der Waals surface area (Å²) in [4.78, 5) is 9.71. The van der Waals surface area contributed by atoms with Crippen LogP contribution in [-0.2, 0) is 0 Å². The summed E-state index contributed by atoms with van der Waals surface area (Å²) in [5.41, 5.74) is 14.4. The Labute approximate surface area is 337 Å². The fourth-order valence-corrected chi connectivity index (χ4v) is 10.4. The van der Waals surface area contributed by atoms with E-state index in [1.165, 1.54) is 25.1 Å². The van der Waals surface area contributed by atoms with Crippen molar-refractivity contribution in [2.24, 2.45) is 0 Å². The summed E-state index contributed by atoms with van der Waals surface area (Å²) in [6, 6.07) is 55.9. The maximum absolute atomic E-state index is 10.3. The predicted molar refractivity (Wildman–Crippen MR) is 233 cm³/mol. The predicted octanol–water partition coefficient (Wildman–Crippen LogP) is 14.9. The number of anilines is 6. The van der Waals surface area contributed by atoms with Gasteiger partial charge in [0.05, 0.1) is 57.4 Å². The molecule has 9 rings (SSSR count). The van der Waals surface area contributed by atoms with Gasteiger partial charge in [0, 0.05) is 36.3 Å². The van der Waals surface area contributed by atoms with Gasteiger partial charge in [0.2, 0.25) is 0 Å². The van der Waals surface area contributed by atoms with Gasteiger partial charge in [0.25, 0.3) is 0 Å². The molecule has 0 amide bonds. The summed E-state index contributed by atoms with van der Waals surface area (Å²) in [6.07, 6.45) is 0. The summed E-state index contributed by atoms with van der Waals surface area (Å²) < 4.78 is 0. The lowest BCUT2D eigenvalue weighted by atomic mass is 9.78. The van der Waals surface area contributed by atoms with Crippen LogP contribution in [0.5, 0.6) is 0 Å². The van der Waals surface area contributed by atoms with E-state index in [0.29, 0.717) is 11.1 Å². The van der Waals surface area contributed by atoms with Crippen molar-refractivity contribution in [1.29, 1.82) is 10.5 Å². The maximum Gasteiger partial charge on any atom is 0.0991 e. The molecule has 0 aromatic heterocycles. The molecule has 7 aromatic rings. The molecular formula is C50H38N4S2. The highest BCUT2D eigenvalue weighted by molar-refractivity contribution is 8.00. The van der Waals surface area contributed by atoms with E-state index in [-0.39, 0.29) is 11.8 Å². The van der Waals surface area contributed by atoms with Crippen molar-refractivity contribution in [2.75, 3.05) is 9.80 Å². The average molecular weight is 759 g/mol. The Balaban J connectivity index is 1.57. The second kappa shape index (κ2) is 14.5. The van der Waals surface area contributed by atoms with Crippen molar-refractivity contribution < 1.29 is 0 Å². The molecule has 2 heterocycles. The van der Waals surface area contributed by atoms with Gasteiger partial charge < -0.3 is 9.80 Å². The van der Waals surface area contributed by atoms with E-state index in [9.17, 15) is 10.5 Å². The minimum Gasteiger partial charge on any atom is -0.307 e. The van der Waals surface area contributed by atoms with Gasteiger partial charge in [-0.3, -0.25) is 0 Å². The monoisotopic (exact) mass is 758 g/mol. The van der Waals surface area contributed by atoms with Crippen LogP contribution in [0.1, 0.15) is 61.8 Å². The van der Waals surface area contributed by atoms with Gasteiger partial charge in [-0.1, -0.05) is 124 Å². The molecule has 0 atom stereocenters. The molecule has 0 bridgehead atoms. The second-order valence-electron chi connectivity index (χ2n) is 14.7. The smallest absolute Gasteiger partial charge is 0.0991 e. The summed E-state index contributed by atoms with van der Waals surface area (Å²) >= 11 is 3.61. The highest BCUT2D eigenvalue weighted by Gasteiger charge is 2.38. The van der Waals surface area contributed by atoms with Crippen molar-refractivity contribution in [3.05, 3.63) is 168 Å². The number of nitriles is 2. The Morgan fingerprint density at radius 1 is 0.429 bits per heavy atom. The van der Waals surface area contributed by atoms with E-state index in [1.54, 1.807) is 23.5 Å². The van der Waals surface area contributed by atoms with E-state index in [2.05, 4.69) is 159 Å². The van der Waals surface area contributed by atoms with E-state index in [1.807, 2.05) is 36.4 Å². The van der Waals surface area contributed by atoms with Crippen molar-refractivity contribution >= 4 is 57.6 Å². The Morgan fingerprint density at radius 3 is 1.09 bits per heavy atom. The lowest BCUT2D eigenvalue weighted by Crippen LogP contribution is -2.24. The van der Waals surface area contributed by atoms with E-state index in [0.717, 1.165) is 61.9 Å². The molecular weight excluding hydrogens is 721 g/mol. The number of hydrogen-bond donors (Lipinski definition) is 0. The number of fused-ring (bicyclic) bond motifs is 4. The number of rotatable bonds is 6. The van der Waals surface area contributed by atoms with Crippen LogP contribution in [0.3, 0.4) is 0 Å². The summed E-state index contributed by atoms with van der Waals surface area (Å²) in [5, 5.41) is 20.6. The largest absolute Gasteiger partial charge is 0.307 e. The van der Waals surface area contributed by atoms with Crippen LogP contribution in [0, 0.1) is 22.7 Å². The fraction of sp³-hybridized carbons (Fsp3) is 0.120. The third-order valence-corrected chi connectivity index (χ3v) is 12.8. The molecule has 0 saturated heterocycles. The molecule has 0 spiro atoms. The highest BCUT2D eigenvalue weighted by Crippen LogP contribution is 2.63. The number of para-hydroxylation sites is 4. The van der Waals surface area contributed by atoms with E-state index in [4.69, 9.17) is 0 Å². The zero-order chi connectivity index (χ0) is 38.5. The molecule has 0 unspecified atom stereocenters. The van der Waals surface area contributed by atoms with Crippen molar-refractivity contribution in [3.63, 3.8) is 0 Å². The SMILES string of the molecule is CC(C)c1c(-c2cccc(C#N)c2)c(N2c3ccccc3Sc3ccccc32)c(C(C)C)c(N2c3ccccc3Sc3ccccc32)c1-c1cccc(C#N)c1. The van der Waals surface area contributed by atoms with E-state index < -0.39 is 0 Å². The molecule has 0 fully saturated rings. The van der Waals surface area contributed by atoms with Crippen LogP contribution in [0.4, 0.5) is 34.1 Å². The van der Waals surface area contributed by atoms with Crippen LogP contribution in [0.15, 0.2) is 165 Å². The van der Waals surface area contributed by atoms with Gasteiger partial charge in [-0.2, -0.15) is 10.5 Å². The Hall–Kier alpha value is -6.18. The molecule has 7 aromatic carbocycles. The zero-order valence-corrected chi connectivity index (χ0v) is 33.2. The first kappa shape index (κ1) is 35.5. The molecule has 4 nitrogen and oxygen atoms in total. The van der Waals surface area contributed by atoms with Gasteiger partial charge in [-0.25, -0.2) is 0 Å². The molecule has 0 aliphatic carbocycles. The molecule has 56 heavy (non-hydrogen) atoms. The van der Waals surface area contributed by atoms with Crippen molar-refractivity contribution in [3.8, 4) is 34.4 Å². The molecule has 0 radical (unpaired) electrons. The first-order valence-electron chi connectivity index (χ1n) is 18.9. The quantitative estimate of drug-likeness (QED) is 0.168. The fourth-order valence-electron chi connectivity index (χ4n) is 8.31. The molecule has 270 valence electrons. The molecule has 2 aliphatic rings. The average Bonchev–Trinajstić information content (AvgIpc) is 3.23. The second-order valence-corrected chi connectivity index (χ2v) is 16.9. The molecule has 6 heteroatoms. The first-order chi connectivity index (χ1) is 27.4. The summed E-state index contributed by atoms with van der Waals surface area (Å²) in [5.74, 6) is 0.0596. The summed E-state index contributed by atoms with van der Waals surface area (Å²) in [7, 11) is 0. The molecule has 2 aliphatic heterocycles. The topological polar surface area (TPSA) is 54.1 Å².